The van der Waals surface area contributed by atoms with Crippen LogP contribution in [0.15, 0.2) is 47.4 Å². The van der Waals surface area contributed by atoms with Crippen LogP contribution in [0.5, 0.6) is 0 Å². The Hall–Kier alpha value is -2.67. The van der Waals surface area contributed by atoms with Crippen molar-refractivity contribution in [1.29, 1.82) is 0 Å². The van der Waals surface area contributed by atoms with Crippen molar-refractivity contribution in [2.24, 2.45) is 0 Å². The van der Waals surface area contributed by atoms with Gasteiger partial charge < -0.3 is 34.5 Å². The highest BCUT2D eigenvalue weighted by atomic mass is 16.7. The Morgan fingerprint density at radius 1 is 1.27 bits per heavy atom. The Balaban J connectivity index is 1.56. The van der Waals surface area contributed by atoms with Crippen LogP contribution < -0.4 is 11.0 Å². The number of carbonyl (C=O) groups excluding carboxylic acids is 1. The maximum atomic E-state index is 12.8. The highest BCUT2D eigenvalue weighted by Crippen LogP contribution is 2.37. The van der Waals surface area contributed by atoms with Crippen molar-refractivity contribution in [1.82, 2.24) is 9.55 Å². The second-order valence-electron chi connectivity index (χ2n) is 7.87. The molecule has 0 unspecified atom stereocenters. The second-order valence-corrected chi connectivity index (χ2v) is 7.87. The number of hydrogen-bond acceptors (Lipinski definition) is 9. The van der Waals surface area contributed by atoms with Gasteiger partial charge in [0.1, 0.15) is 24.1 Å². The number of benzene rings is 1. The van der Waals surface area contributed by atoms with E-state index in [9.17, 15) is 19.8 Å². The standard InChI is InChI=1S/C22H27N3O8/c1-30-22(8-11-31-12-9-22)33-18-17(27)15(13-26)32-20(18)25-10-7-16(24-21(25)29)23-19(28)14-5-3-2-4-6-14/h2-7,10,15,17-18,20,26-27H,8-9,11-13H2,1H3,(H,23,24,28,29)/t15-,17-,18-,20-/m1/s1. The number of methoxy groups -OCH3 is 1. The smallest absolute Gasteiger partial charge is 0.351 e. The number of rotatable bonds is 7. The summed E-state index contributed by atoms with van der Waals surface area (Å²) in [6.45, 7) is 0.375. The van der Waals surface area contributed by atoms with Gasteiger partial charge in [-0.15, -0.1) is 0 Å². The van der Waals surface area contributed by atoms with Gasteiger partial charge in [-0.1, -0.05) is 18.2 Å². The van der Waals surface area contributed by atoms with Crippen LogP contribution in [-0.4, -0.2) is 76.7 Å². The Bertz CT molecular complexity index is 1010. The summed E-state index contributed by atoms with van der Waals surface area (Å²) in [6, 6.07) is 9.98. The first-order chi connectivity index (χ1) is 16.0. The molecule has 11 heteroatoms. The van der Waals surface area contributed by atoms with Gasteiger partial charge in [-0.2, -0.15) is 4.98 Å². The highest BCUT2D eigenvalue weighted by Gasteiger charge is 2.50. The summed E-state index contributed by atoms with van der Waals surface area (Å²) in [5.74, 6) is -1.36. The fourth-order valence-corrected chi connectivity index (χ4v) is 3.97. The molecule has 1 aromatic heterocycles. The molecule has 11 nitrogen and oxygen atoms in total. The summed E-state index contributed by atoms with van der Waals surface area (Å²) in [6.07, 6.45) is -1.98. The lowest BCUT2D eigenvalue weighted by Crippen LogP contribution is -2.49. The third kappa shape index (κ3) is 4.98. The lowest BCUT2D eigenvalue weighted by Gasteiger charge is -2.39. The van der Waals surface area contributed by atoms with E-state index in [-0.39, 0.29) is 5.82 Å². The topological polar surface area (TPSA) is 141 Å². The van der Waals surface area contributed by atoms with Crippen molar-refractivity contribution in [2.75, 3.05) is 32.2 Å². The molecule has 0 radical (unpaired) electrons. The highest BCUT2D eigenvalue weighted by molar-refractivity contribution is 6.03. The minimum atomic E-state index is -1.21. The van der Waals surface area contributed by atoms with E-state index in [1.807, 2.05) is 0 Å². The normalized spacial score (nSPS) is 26.8. The van der Waals surface area contributed by atoms with Gasteiger partial charge in [-0.25, -0.2) is 4.79 Å². The number of aliphatic hydroxyl groups is 2. The second kappa shape index (κ2) is 10.1. The lowest BCUT2D eigenvalue weighted by atomic mass is 10.1. The number of ether oxygens (including phenoxy) is 4. The lowest BCUT2D eigenvalue weighted by molar-refractivity contribution is -0.293. The van der Waals surface area contributed by atoms with E-state index in [4.69, 9.17) is 18.9 Å². The van der Waals surface area contributed by atoms with Gasteiger partial charge in [0.25, 0.3) is 5.91 Å². The third-order valence-corrected chi connectivity index (χ3v) is 5.85. The largest absolute Gasteiger partial charge is 0.394 e. The molecule has 2 fully saturated rings. The molecule has 0 bridgehead atoms. The van der Waals surface area contributed by atoms with Crippen LogP contribution in [0.1, 0.15) is 29.4 Å². The first-order valence-electron chi connectivity index (χ1n) is 10.7. The number of anilines is 1. The number of nitrogens with one attached hydrogen (secondary N) is 1. The van der Waals surface area contributed by atoms with E-state index in [1.165, 1.54) is 19.4 Å². The van der Waals surface area contributed by atoms with Gasteiger partial charge in [0.05, 0.1) is 19.8 Å². The minimum Gasteiger partial charge on any atom is -0.394 e. The Morgan fingerprint density at radius 3 is 2.64 bits per heavy atom. The molecule has 33 heavy (non-hydrogen) atoms. The van der Waals surface area contributed by atoms with E-state index in [1.54, 1.807) is 30.3 Å². The zero-order valence-electron chi connectivity index (χ0n) is 18.1. The van der Waals surface area contributed by atoms with Crippen molar-refractivity contribution in [3.63, 3.8) is 0 Å². The van der Waals surface area contributed by atoms with Crippen molar-refractivity contribution >= 4 is 11.7 Å². The van der Waals surface area contributed by atoms with Crippen LogP contribution in [0.4, 0.5) is 5.82 Å². The van der Waals surface area contributed by atoms with Gasteiger partial charge in [0.2, 0.25) is 0 Å². The maximum Gasteiger partial charge on any atom is 0.351 e. The van der Waals surface area contributed by atoms with E-state index in [0.29, 0.717) is 31.6 Å². The molecule has 0 spiro atoms. The molecule has 2 aromatic rings. The fraction of sp³-hybridized carbons (Fsp3) is 0.500. The van der Waals surface area contributed by atoms with Crippen LogP contribution in [0.2, 0.25) is 0 Å². The number of aliphatic hydroxyl groups excluding tert-OH is 2. The monoisotopic (exact) mass is 461 g/mol. The molecule has 0 saturated carbocycles. The zero-order valence-corrected chi connectivity index (χ0v) is 18.1. The Kier molecular flexibility index (Phi) is 7.17. The Labute approximate surface area is 189 Å². The number of aromatic nitrogens is 2. The number of carbonyl (C=O) groups is 1. The van der Waals surface area contributed by atoms with Gasteiger partial charge >= 0.3 is 5.69 Å². The molecular weight excluding hydrogens is 434 g/mol. The summed E-state index contributed by atoms with van der Waals surface area (Å²) in [4.78, 5) is 29.1. The molecule has 3 heterocycles. The van der Waals surface area contributed by atoms with Crippen LogP contribution in [0.25, 0.3) is 0 Å². The molecule has 4 atom stereocenters. The van der Waals surface area contributed by atoms with Crippen LogP contribution in [0, 0.1) is 0 Å². The van der Waals surface area contributed by atoms with E-state index in [2.05, 4.69) is 10.3 Å². The molecule has 2 saturated heterocycles. The fourth-order valence-electron chi connectivity index (χ4n) is 3.97. The molecule has 1 amide bonds. The van der Waals surface area contributed by atoms with Gasteiger partial charge in [-0.05, 0) is 18.2 Å². The molecule has 0 aliphatic carbocycles. The summed E-state index contributed by atoms with van der Waals surface area (Å²) in [7, 11) is 1.50. The predicted molar refractivity (Wildman–Crippen MR) is 115 cm³/mol. The number of amides is 1. The van der Waals surface area contributed by atoms with E-state index in [0.717, 1.165) is 4.57 Å². The van der Waals surface area contributed by atoms with Gasteiger partial charge in [0, 0.05) is 31.7 Å². The first-order valence-corrected chi connectivity index (χ1v) is 10.7. The molecule has 2 aliphatic heterocycles. The molecule has 4 rings (SSSR count). The summed E-state index contributed by atoms with van der Waals surface area (Å²) >= 11 is 0. The average Bonchev–Trinajstić information content (AvgIpc) is 3.15. The zero-order chi connectivity index (χ0) is 23.4. The maximum absolute atomic E-state index is 12.8. The minimum absolute atomic E-state index is 0.0672. The molecule has 2 aliphatic rings. The molecule has 1 aromatic carbocycles. The quantitative estimate of drug-likeness (QED) is 0.496. The van der Waals surface area contributed by atoms with Crippen molar-refractivity contribution in [2.45, 2.75) is 43.2 Å². The summed E-state index contributed by atoms with van der Waals surface area (Å²) < 4.78 is 24.0. The van der Waals surface area contributed by atoms with E-state index < -0.39 is 48.5 Å². The van der Waals surface area contributed by atoms with E-state index >= 15 is 0 Å². The van der Waals surface area contributed by atoms with Crippen molar-refractivity contribution in [3.05, 3.63) is 58.6 Å². The number of hydrogen-bond donors (Lipinski definition) is 3. The Morgan fingerprint density at radius 2 is 2.00 bits per heavy atom. The third-order valence-electron chi connectivity index (χ3n) is 5.85. The SMILES string of the molecule is COC1(O[C@@H]2[C@H](O)[C@@H](CO)O[C@H]2n2ccc(NC(=O)c3ccccc3)nc2=O)CCOCC1. The van der Waals surface area contributed by atoms with Crippen molar-refractivity contribution in [3.8, 4) is 0 Å². The van der Waals surface area contributed by atoms with Crippen molar-refractivity contribution < 1.29 is 34.0 Å². The van der Waals surface area contributed by atoms with Crippen LogP contribution in [-0.2, 0) is 18.9 Å². The van der Waals surface area contributed by atoms with Gasteiger partial charge in [0.15, 0.2) is 12.0 Å². The van der Waals surface area contributed by atoms with Crippen LogP contribution in [0.3, 0.4) is 0 Å². The number of nitrogens with zero attached hydrogens (tertiary/aromatic N) is 2. The summed E-state index contributed by atoms with van der Waals surface area (Å²) in [5, 5.41) is 22.9. The predicted octanol–water partition coefficient (Wildman–Crippen LogP) is 0.284. The molecular formula is C22H27N3O8. The summed E-state index contributed by atoms with van der Waals surface area (Å²) in [5.41, 5.74) is -0.296. The molecule has 3 N–H and O–H groups in total. The van der Waals surface area contributed by atoms with Crippen LogP contribution >= 0.6 is 0 Å². The first kappa shape index (κ1) is 23.5. The molecule has 178 valence electrons. The average molecular weight is 461 g/mol. The van der Waals surface area contributed by atoms with Gasteiger partial charge in [-0.3, -0.25) is 9.36 Å².